The first-order valence-corrected chi connectivity index (χ1v) is 5.69. The lowest BCUT2D eigenvalue weighted by Crippen LogP contribution is -2.29. The summed E-state index contributed by atoms with van der Waals surface area (Å²) >= 11 is 0. The third kappa shape index (κ3) is 2.18. The Balaban J connectivity index is 2.07. The smallest absolute Gasteiger partial charge is 0.134 e. The SMILES string of the molecule is NNC(c1ccncn1)c1cc2cc(F)ccc2o1. The normalized spacial score (nSPS) is 12.7. The van der Waals surface area contributed by atoms with E-state index in [0.29, 0.717) is 22.4 Å². The molecule has 0 aliphatic heterocycles. The van der Waals surface area contributed by atoms with Gasteiger partial charge in [0.2, 0.25) is 0 Å². The van der Waals surface area contributed by atoms with Crippen molar-refractivity contribution in [1.29, 1.82) is 0 Å². The van der Waals surface area contributed by atoms with Gasteiger partial charge in [-0.05, 0) is 30.3 Å². The van der Waals surface area contributed by atoms with E-state index in [9.17, 15) is 4.39 Å². The molecular formula is C13H11FN4O. The molecule has 0 saturated carbocycles. The molecular weight excluding hydrogens is 247 g/mol. The fourth-order valence-corrected chi connectivity index (χ4v) is 1.96. The van der Waals surface area contributed by atoms with Crippen LogP contribution in [0.4, 0.5) is 4.39 Å². The van der Waals surface area contributed by atoms with Gasteiger partial charge < -0.3 is 4.42 Å². The van der Waals surface area contributed by atoms with Gasteiger partial charge in [-0.15, -0.1) is 0 Å². The van der Waals surface area contributed by atoms with Crippen molar-refractivity contribution < 1.29 is 8.81 Å². The van der Waals surface area contributed by atoms with Gasteiger partial charge >= 0.3 is 0 Å². The molecule has 0 aliphatic rings. The van der Waals surface area contributed by atoms with E-state index in [0.717, 1.165) is 0 Å². The summed E-state index contributed by atoms with van der Waals surface area (Å²) in [7, 11) is 0. The molecule has 0 spiro atoms. The topological polar surface area (TPSA) is 77.0 Å². The van der Waals surface area contributed by atoms with Crippen LogP contribution in [0.1, 0.15) is 17.5 Å². The fraction of sp³-hybridized carbons (Fsp3) is 0.0769. The number of nitrogens with two attached hydrogens (primary N) is 1. The van der Waals surface area contributed by atoms with Crippen LogP contribution in [0.15, 0.2) is 47.3 Å². The molecule has 1 atom stereocenters. The van der Waals surface area contributed by atoms with Crippen LogP contribution in [-0.4, -0.2) is 9.97 Å². The van der Waals surface area contributed by atoms with Gasteiger partial charge in [0.1, 0.15) is 29.5 Å². The van der Waals surface area contributed by atoms with Crippen molar-refractivity contribution in [3.63, 3.8) is 0 Å². The van der Waals surface area contributed by atoms with Gasteiger partial charge in [-0.3, -0.25) is 5.84 Å². The predicted octanol–water partition coefficient (Wildman–Crippen LogP) is 1.91. The number of benzene rings is 1. The Bertz CT molecular complexity index is 698. The molecule has 0 bridgehead atoms. The highest BCUT2D eigenvalue weighted by molar-refractivity contribution is 5.78. The van der Waals surface area contributed by atoms with Crippen LogP contribution in [-0.2, 0) is 0 Å². The molecule has 1 aromatic carbocycles. The summed E-state index contributed by atoms with van der Waals surface area (Å²) in [6.45, 7) is 0. The van der Waals surface area contributed by atoms with Crippen molar-refractivity contribution in [2.24, 2.45) is 5.84 Å². The summed E-state index contributed by atoms with van der Waals surface area (Å²) in [4.78, 5) is 7.98. The van der Waals surface area contributed by atoms with Crippen molar-refractivity contribution in [1.82, 2.24) is 15.4 Å². The molecule has 0 saturated heterocycles. The van der Waals surface area contributed by atoms with Crippen LogP contribution in [0.25, 0.3) is 11.0 Å². The third-order valence-electron chi connectivity index (χ3n) is 2.85. The highest BCUT2D eigenvalue weighted by Gasteiger charge is 2.18. The summed E-state index contributed by atoms with van der Waals surface area (Å²) < 4.78 is 18.8. The average Bonchev–Trinajstić information content (AvgIpc) is 2.83. The Kier molecular flexibility index (Phi) is 2.94. The van der Waals surface area contributed by atoms with Crippen LogP contribution in [0.2, 0.25) is 0 Å². The van der Waals surface area contributed by atoms with Crippen LogP contribution < -0.4 is 11.3 Å². The number of rotatable bonds is 3. The molecule has 0 fully saturated rings. The Morgan fingerprint density at radius 1 is 1.26 bits per heavy atom. The molecule has 19 heavy (non-hydrogen) atoms. The number of halogens is 1. The summed E-state index contributed by atoms with van der Waals surface area (Å²) in [5.41, 5.74) is 3.91. The Morgan fingerprint density at radius 2 is 2.16 bits per heavy atom. The Hall–Kier alpha value is -2.31. The molecule has 96 valence electrons. The zero-order chi connectivity index (χ0) is 13.2. The number of nitrogens with one attached hydrogen (secondary N) is 1. The Labute approximate surface area is 108 Å². The van der Waals surface area contributed by atoms with E-state index in [1.807, 2.05) is 0 Å². The van der Waals surface area contributed by atoms with E-state index in [1.165, 1.54) is 18.5 Å². The second-order valence-corrected chi connectivity index (χ2v) is 4.06. The molecule has 3 rings (SSSR count). The maximum absolute atomic E-state index is 13.1. The van der Waals surface area contributed by atoms with E-state index < -0.39 is 6.04 Å². The van der Waals surface area contributed by atoms with Crippen molar-refractivity contribution >= 4 is 11.0 Å². The fourth-order valence-electron chi connectivity index (χ4n) is 1.96. The molecule has 6 heteroatoms. The lowest BCUT2D eigenvalue weighted by molar-refractivity contribution is 0.470. The van der Waals surface area contributed by atoms with Crippen LogP contribution >= 0.6 is 0 Å². The van der Waals surface area contributed by atoms with E-state index in [4.69, 9.17) is 10.3 Å². The predicted molar refractivity (Wildman–Crippen MR) is 67.4 cm³/mol. The number of hydrazine groups is 1. The minimum Gasteiger partial charge on any atom is -0.459 e. The van der Waals surface area contributed by atoms with Crippen LogP contribution in [0, 0.1) is 5.82 Å². The monoisotopic (exact) mass is 258 g/mol. The molecule has 0 amide bonds. The van der Waals surface area contributed by atoms with Crippen LogP contribution in [0.3, 0.4) is 0 Å². The van der Waals surface area contributed by atoms with Gasteiger partial charge in [-0.1, -0.05) is 0 Å². The van der Waals surface area contributed by atoms with Gasteiger partial charge in [-0.2, -0.15) is 0 Å². The molecule has 0 aliphatic carbocycles. The molecule has 5 nitrogen and oxygen atoms in total. The first-order chi connectivity index (χ1) is 9.28. The van der Waals surface area contributed by atoms with Crippen molar-refractivity contribution in [3.8, 4) is 0 Å². The minimum absolute atomic E-state index is 0.306. The molecule has 2 heterocycles. The van der Waals surface area contributed by atoms with Gasteiger partial charge in [0, 0.05) is 11.6 Å². The number of furan rings is 1. The third-order valence-corrected chi connectivity index (χ3v) is 2.85. The zero-order valence-corrected chi connectivity index (χ0v) is 9.88. The second kappa shape index (κ2) is 4.75. The van der Waals surface area contributed by atoms with Gasteiger partial charge in [-0.25, -0.2) is 19.8 Å². The van der Waals surface area contributed by atoms with Crippen molar-refractivity contribution in [2.45, 2.75) is 6.04 Å². The maximum atomic E-state index is 13.1. The quantitative estimate of drug-likeness (QED) is 0.554. The zero-order valence-electron chi connectivity index (χ0n) is 9.88. The number of fused-ring (bicyclic) bond motifs is 1. The number of hydrogen-bond donors (Lipinski definition) is 2. The van der Waals surface area contributed by atoms with Crippen LogP contribution in [0.5, 0.6) is 0 Å². The standard InChI is InChI=1S/C13H11FN4O/c14-9-1-2-11-8(5-9)6-12(19-11)13(18-15)10-3-4-16-7-17-10/h1-7,13,18H,15H2. The lowest BCUT2D eigenvalue weighted by Gasteiger charge is -2.11. The molecule has 3 N–H and O–H groups in total. The van der Waals surface area contributed by atoms with Gasteiger partial charge in [0.25, 0.3) is 0 Å². The summed E-state index contributed by atoms with van der Waals surface area (Å²) in [6.07, 6.45) is 3.05. The maximum Gasteiger partial charge on any atom is 0.134 e. The second-order valence-electron chi connectivity index (χ2n) is 4.06. The summed E-state index contributed by atoms with van der Waals surface area (Å²) in [6, 6.07) is 7.42. The highest BCUT2D eigenvalue weighted by atomic mass is 19.1. The van der Waals surface area contributed by atoms with E-state index in [1.54, 1.807) is 24.4 Å². The first kappa shape index (κ1) is 11.8. The summed E-state index contributed by atoms with van der Waals surface area (Å²) in [5.74, 6) is 5.81. The Morgan fingerprint density at radius 3 is 2.89 bits per heavy atom. The van der Waals surface area contributed by atoms with Gasteiger partial charge in [0.05, 0.1) is 5.69 Å². The van der Waals surface area contributed by atoms with Gasteiger partial charge in [0.15, 0.2) is 0 Å². The van der Waals surface area contributed by atoms with Crippen molar-refractivity contribution in [2.75, 3.05) is 0 Å². The molecule has 2 aromatic heterocycles. The largest absolute Gasteiger partial charge is 0.459 e. The highest BCUT2D eigenvalue weighted by Crippen LogP contribution is 2.27. The van der Waals surface area contributed by atoms with Crippen molar-refractivity contribution in [3.05, 3.63) is 60.1 Å². The molecule has 1 unspecified atom stereocenters. The first-order valence-electron chi connectivity index (χ1n) is 5.69. The van der Waals surface area contributed by atoms with E-state index in [-0.39, 0.29) is 5.82 Å². The molecule has 3 aromatic rings. The van der Waals surface area contributed by atoms with E-state index >= 15 is 0 Å². The number of aromatic nitrogens is 2. The summed E-state index contributed by atoms with van der Waals surface area (Å²) in [5, 5.41) is 0.685. The average molecular weight is 258 g/mol. The number of hydrogen-bond acceptors (Lipinski definition) is 5. The minimum atomic E-state index is -0.404. The number of nitrogens with zero attached hydrogens (tertiary/aromatic N) is 2. The lowest BCUT2D eigenvalue weighted by atomic mass is 10.1. The van der Waals surface area contributed by atoms with E-state index in [2.05, 4.69) is 15.4 Å². The molecule has 0 radical (unpaired) electrons.